The van der Waals surface area contributed by atoms with Crippen LogP contribution in [0.3, 0.4) is 0 Å². The smallest absolute Gasteiger partial charge is 0.230 e. The number of methoxy groups -OCH3 is 1. The van der Waals surface area contributed by atoms with Gasteiger partial charge in [-0.05, 0) is 18.6 Å². The summed E-state index contributed by atoms with van der Waals surface area (Å²) in [6.45, 7) is 2.14. The van der Waals surface area contributed by atoms with Crippen LogP contribution >= 0.6 is 23.8 Å². The standard InChI is InChI=1S/C13H17ClN2O2S/c1-3-8(12(15)19)13(17)16-7-9-10(14)5-4-6-11(9)18-2/h4-6,8H,3,7H2,1-2H3,(H2,15,19)(H,16,17). The van der Waals surface area contributed by atoms with E-state index in [4.69, 9.17) is 34.3 Å². The summed E-state index contributed by atoms with van der Waals surface area (Å²) in [6.07, 6.45) is 0.570. The maximum absolute atomic E-state index is 11.9. The lowest BCUT2D eigenvalue weighted by Gasteiger charge is -2.15. The number of ether oxygens (including phenoxy) is 1. The Labute approximate surface area is 123 Å². The number of carbonyl (C=O) groups is 1. The van der Waals surface area contributed by atoms with Crippen molar-refractivity contribution in [3.63, 3.8) is 0 Å². The van der Waals surface area contributed by atoms with Crippen molar-refractivity contribution >= 4 is 34.7 Å². The molecule has 0 fully saturated rings. The van der Waals surface area contributed by atoms with Crippen LogP contribution in [0.1, 0.15) is 18.9 Å². The zero-order valence-electron chi connectivity index (χ0n) is 10.9. The summed E-state index contributed by atoms with van der Waals surface area (Å²) in [4.78, 5) is 12.1. The van der Waals surface area contributed by atoms with Gasteiger partial charge in [0.1, 0.15) is 5.75 Å². The maximum atomic E-state index is 11.9. The van der Waals surface area contributed by atoms with E-state index in [2.05, 4.69) is 5.32 Å². The van der Waals surface area contributed by atoms with Gasteiger partial charge in [-0.3, -0.25) is 4.79 Å². The predicted octanol–water partition coefficient (Wildman–Crippen LogP) is 2.28. The zero-order chi connectivity index (χ0) is 14.4. The van der Waals surface area contributed by atoms with Crippen LogP contribution in [0, 0.1) is 5.92 Å². The number of nitrogens with two attached hydrogens (primary N) is 1. The highest BCUT2D eigenvalue weighted by molar-refractivity contribution is 7.80. The Balaban J connectivity index is 2.77. The van der Waals surface area contributed by atoms with Crippen molar-refractivity contribution in [1.29, 1.82) is 0 Å². The monoisotopic (exact) mass is 300 g/mol. The second-order valence-electron chi connectivity index (χ2n) is 4.00. The van der Waals surface area contributed by atoms with Crippen LogP contribution in [0.2, 0.25) is 5.02 Å². The van der Waals surface area contributed by atoms with E-state index in [-0.39, 0.29) is 17.4 Å². The molecule has 19 heavy (non-hydrogen) atoms. The largest absolute Gasteiger partial charge is 0.496 e. The minimum atomic E-state index is -0.455. The number of hydrogen-bond acceptors (Lipinski definition) is 3. The molecule has 0 saturated carbocycles. The van der Waals surface area contributed by atoms with Crippen molar-refractivity contribution in [2.24, 2.45) is 11.7 Å². The van der Waals surface area contributed by atoms with Gasteiger partial charge >= 0.3 is 0 Å². The van der Waals surface area contributed by atoms with Gasteiger partial charge in [-0.1, -0.05) is 36.8 Å². The molecule has 0 radical (unpaired) electrons. The third-order valence-corrected chi connectivity index (χ3v) is 3.44. The highest BCUT2D eigenvalue weighted by Gasteiger charge is 2.19. The molecule has 1 atom stereocenters. The molecule has 1 aromatic rings. The minimum Gasteiger partial charge on any atom is -0.496 e. The Morgan fingerprint density at radius 2 is 2.26 bits per heavy atom. The molecule has 0 spiro atoms. The van der Waals surface area contributed by atoms with Crippen molar-refractivity contribution in [2.45, 2.75) is 19.9 Å². The van der Waals surface area contributed by atoms with Gasteiger partial charge in [-0.2, -0.15) is 0 Å². The molecule has 6 heteroatoms. The molecular formula is C13H17ClN2O2S. The summed E-state index contributed by atoms with van der Waals surface area (Å²) in [5.74, 6) is -0.0170. The van der Waals surface area contributed by atoms with Gasteiger partial charge in [0.25, 0.3) is 0 Å². The van der Waals surface area contributed by atoms with Gasteiger partial charge in [-0.25, -0.2) is 0 Å². The Morgan fingerprint density at radius 1 is 1.58 bits per heavy atom. The molecule has 0 bridgehead atoms. The molecule has 3 N–H and O–H groups in total. The van der Waals surface area contributed by atoms with Crippen LogP contribution in [0.15, 0.2) is 18.2 Å². The van der Waals surface area contributed by atoms with Crippen molar-refractivity contribution in [2.75, 3.05) is 7.11 Å². The topological polar surface area (TPSA) is 64.3 Å². The van der Waals surface area contributed by atoms with Gasteiger partial charge in [0.2, 0.25) is 5.91 Å². The molecule has 0 saturated heterocycles. The fraction of sp³-hybridized carbons (Fsp3) is 0.385. The predicted molar refractivity (Wildman–Crippen MR) is 80.4 cm³/mol. The van der Waals surface area contributed by atoms with Gasteiger partial charge in [-0.15, -0.1) is 0 Å². The lowest BCUT2D eigenvalue weighted by Crippen LogP contribution is -2.37. The highest BCUT2D eigenvalue weighted by Crippen LogP contribution is 2.25. The molecule has 0 aliphatic heterocycles. The van der Waals surface area contributed by atoms with Crippen LogP contribution < -0.4 is 15.8 Å². The van der Waals surface area contributed by atoms with Crippen LogP contribution in [0.4, 0.5) is 0 Å². The first-order valence-corrected chi connectivity index (χ1v) is 6.68. The number of rotatable bonds is 6. The fourth-order valence-corrected chi connectivity index (χ4v) is 2.22. The molecule has 0 aliphatic carbocycles. The van der Waals surface area contributed by atoms with Crippen LogP contribution in [-0.2, 0) is 11.3 Å². The first-order chi connectivity index (χ1) is 9.01. The zero-order valence-corrected chi connectivity index (χ0v) is 12.5. The Hall–Kier alpha value is -1.33. The third-order valence-electron chi connectivity index (χ3n) is 2.80. The fourth-order valence-electron chi connectivity index (χ4n) is 1.72. The van der Waals surface area contributed by atoms with E-state index in [1.54, 1.807) is 25.3 Å². The van der Waals surface area contributed by atoms with Crippen LogP contribution in [-0.4, -0.2) is 18.0 Å². The summed E-state index contributed by atoms with van der Waals surface area (Å²) in [5, 5.41) is 3.32. The molecule has 4 nitrogen and oxygen atoms in total. The van der Waals surface area contributed by atoms with E-state index in [0.29, 0.717) is 17.2 Å². The molecule has 104 valence electrons. The Kier molecular flexibility index (Phi) is 6.05. The first kappa shape index (κ1) is 15.7. The average molecular weight is 301 g/mol. The molecule has 1 aromatic carbocycles. The highest BCUT2D eigenvalue weighted by atomic mass is 35.5. The van der Waals surface area contributed by atoms with E-state index in [0.717, 1.165) is 5.56 Å². The summed E-state index contributed by atoms with van der Waals surface area (Å²) in [5.41, 5.74) is 6.26. The molecule has 1 amide bonds. The second-order valence-corrected chi connectivity index (χ2v) is 4.88. The number of halogens is 1. The molecule has 0 heterocycles. The Morgan fingerprint density at radius 3 is 2.79 bits per heavy atom. The number of hydrogen-bond donors (Lipinski definition) is 2. The molecular weight excluding hydrogens is 284 g/mol. The van der Waals surface area contributed by atoms with E-state index >= 15 is 0 Å². The molecule has 1 rings (SSSR count). The SMILES string of the molecule is CCC(C(=O)NCc1c(Cl)cccc1OC)C(N)=S. The second kappa shape index (κ2) is 7.31. The molecule has 0 aliphatic rings. The lowest BCUT2D eigenvalue weighted by atomic mass is 10.1. The minimum absolute atomic E-state index is 0.197. The van der Waals surface area contributed by atoms with E-state index in [1.165, 1.54) is 0 Å². The number of amides is 1. The van der Waals surface area contributed by atoms with Gasteiger partial charge in [0, 0.05) is 17.1 Å². The van der Waals surface area contributed by atoms with Crippen LogP contribution in [0.5, 0.6) is 5.75 Å². The van der Waals surface area contributed by atoms with E-state index < -0.39 is 5.92 Å². The summed E-state index contributed by atoms with van der Waals surface area (Å²) in [7, 11) is 1.56. The van der Waals surface area contributed by atoms with Gasteiger partial charge in [0.15, 0.2) is 0 Å². The van der Waals surface area contributed by atoms with Crippen molar-refractivity contribution in [3.05, 3.63) is 28.8 Å². The maximum Gasteiger partial charge on any atom is 0.230 e. The lowest BCUT2D eigenvalue weighted by molar-refractivity contribution is -0.123. The van der Waals surface area contributed by atoms with Gasteiger partial charge in [0.05, 0.1) is 18.0 Å². The molecule has 1 unspecified atom stereocenters. The summed E-state index contributed by atoms with van der Waals surface area (Å²) in [6, 6.07) is 5.32. The first-order valence-electron chi connectivity index (χ1n) is 5.89. The van der Waals surface area contributed by atoms with Crippen LogP contribution in [0.25, 0.3) is 0 Å². The van der Waals surface area contributed by atoms with Gasteiger partial charge < -0.3 is 15.8 Å². The average Bonchev–Trinajstić information content (AvgIpc) is 2.37. The normalized spacial score (nSPS) is 11.7. The van der Waals surface area contributed by atoms with E-state index in [9.17, 15) is 4.79 Å². The third kappa shape index (κ3) is 4.08. The summed E-state index contributed by atoms with van der Waals surface area (Å²) >= 11 is 10.9. The van der Waals surface area contributed by atoms with Crippen molar-refractivity contribution in [1.82, 2.24) is 5.32 Å². The molecule has 0 aromatic heterocycles. The quantitative estimate of drug-likeness (QED) is 0.791. The summed E-state index contributed by atoms with van der Waals surface area (Å²) < 4.78 is 5.21. The number of thiocarbonyl (C=S) groups is 1. The number of nitrogens with one attached hydrogen (secondary N) is 1. The number of carbonyl (C=O) groups excluding carboxylic acids is 1. The van der Waals surface area contributed by atoms with Crippen molar-refractivity contribution in [3.8, 4) is 5.75 Å². The van der Waals surface area contributed by atoms with E-state index in [1.807, 2.05) is 6.92 Å². The van der Waals surface area contributed by atoms with Crippen molar-refractivity contribution < 1.29 is 9.53 Å². The number of benzene rings is 1. The Bertz CT molecular complexity index is 480.